The Morgan fingerprint density at radius 1 is 1.00 bits per heavy atom. The van der Waals surface area contributed by atoms with Crippen molar-refractivity contribution in [2.24, 2.45) is 11.1 Å². The van der Waals surface area contributed by atoms with Gasteiger partial charge in [-0.25, -0.2) is 4.39 Å². The Hall–Kier alpha value is -3.54. The lowest BCUT2D eigenvalue weighted by atomic mass is 9.90. The van der Waals surface area contributed by atoms with Gasteiger partial charge in [0.05, 0.1) is 5.92 Å². The van der Waals surface area contributed by atoms with Crippen LogP contribution in [0.4, 0.5) is 4.39 Å². The molecule has 158 valence electrons. The number of fused-ring (bicyclic) bond motifs is 3. The van der Waals surface area contributed by atoms with Crippen LogP contribution in [0.15, 0.2) is 76.3 Å². The number of hydrogen-bond acceptors (Lipinski definition) is 4. The third-order valence-electron chi connectivity index (χ3n) is 5.70. The van der Waals surface area contributed by atoms with Gasteiger partial charge in [0, 0.05) is 10.8 Å². The highest BCUT2D eigenvalue weighted by molar-refractivity contribution is 6.05. The number of carboxylic acids is 1. The summed E-state index contributed by atoms with van der Waals surface area (Å²) in [5.41, 5.74) is 3.10. The van der Waals surface area contributed by atoms with Crippen molar-refractivity contribution in [2.75, 3.05) is 0 Å². The molecular formula is C25H22FNO4. The molecule has 31 heavy (non-hydrogen) atoms. The van der Waals surface area contributed by atoms with Gasteiger partial charge in [-0.05, 0) is 67.1 Å². The van der Waals surface area contributed by atoms with Crippen molar-refractivity contribution in [3.8, 4) is 0 Å². The number of aryl methyl sites for hydroxylation is 1. The Morgan fingerprint density at radius 3 is 2.48 bits per heavy atom. The van der Waals surface area contributed by atoms with E-state index in [0.29, 0.717) is 30.4 Å². The second-order valence-electron chi connectivity index (χ2n) is 7.76. The summed E-state index contributed by atoms with van der Waals surface area (Å²) in [6.45, 7) is 0. The molecule has 0 aliphatic heterocycles. The van der Waals surface area contributed by atoms with E-state index in [-0.39, 0.29) is 12.2 Å². The maximum atomic E-state index is 13.0. The van der Waals surface area contributed by atoms with Crippen LogP contribution >= 0.6 is 0 Å². The fourth-order valence-corrected chi connectivity index (χ4v) is 4.01. The zero-order valence-electron chi connectivity index (χ0n) is 16.8. The van der Waals surface area contributed by atoms with Gasteiger partial charge in [0.1, 0.15) is 23.0 Å². The molecule has 1 N–H and O–H groups in total. The molecule has 1 aromatic heterocycles. The molecule has 6 heteroatoms. The summed E-state index contributed by atoms with van der Waals surface area (Å²) >= 11 is 0. The van der Waals surface area contributed by atoms with Gasteiger partial charge in [-0.1, -0.05) is 41.6 Å². The van der Waals surface area contributed by atoms with Gasteiger partial charge < -0.3 is 9.52 Å². The summed E-state index contributed by atoms with van der Waals surface area (Å²) in [4.78, 5) is 23.4. The van der Waals surface area contributed by atoms with Gasteiger partial charge in [0.25, 0.3) is 0 Å². The molecule has 0 saturated heterocycles. The normalized spacial score (nSPS) is 13.3. The van der Waals surface area contributed by atoms with E-state index in [0.717, 1.165) is 21.9 Å². The molecule has 0 aliphatic carbocycles. The number of furan rings is 1. The molecule has 1 heterocycles. The molecule has 2 atom stereocenters. The minimum atomic E-state index is -0.942. The van der Waals surface area contributed by atoms with E-state index in [4.69, 9.17) is 4.42 Å². The first kappa shape index (κ1) is 20.7. The zero-order valence-corrected chi connectivity index (χ0v) is 16.8. The maximum absolute atomic E-state index is 13.0. The van der Waals surface area contributed by atoms with Gasteiger partial charge in [-0.3, -0.25) is 4.79 Å². The Kier molecular flexibility index (Phi) is 6.07. The highest BCUT2D eigenvalue weighted by Crippen LogP contribution is 2.34. The lowest BCUT2D eigenvalue weighted by molar-refractivity contribution is -0.142. The summed E-state index contributed by atoms with van der Waals surface area (Å²) in [5, 5.41) is 14.7. The van der Waals surface area contributed by atoms with E-state index in [1.54, 1.807) is 24.3 Å². The summed E-state index contributed by atoms with van der Waals surface area (Å²) in [6, 6.07) is 18.5. The molecule has 3 aromatic carbocycles. The summed E-state index contributed by atoms with van der Waals surface area (Å²) in [7, 11) is 0. The largest absolute Gasteiger partial charge is 0.481 e. The number of carboxylic acid groups (broad SMARTS) is 1. The lowest BCUT2D eigenvalue weighted by Gasteiger charge is -2.16. The number of para-hydroxylation sites is 1. The number of nitrogens with zero attached hydrogens (tertiary/aromatic N) is 1. The molecule has 0 spiro atoms. The standard InChI is InChI=1S/C25H22FNO4/c26-19-11-8-16(9-12-19)4-3-5-18(25(28)29)15-22(27-30)17-10-13-24-21(14-17)20-6-1-2-7-23(20)31-24/h1-2,6-14,18,22H,3-5,15H2,(H,28,29). The van der Waals surface area contributed by atoms with Gasteiger partial charge in [0.15, 0.2) is 0 Å². The molecule has 0 radical (unpaired) electrons. The Morgan fingerprint density at radius 2 is 1.74 bits per heavy atom. The number of hydrogen-bond donors (Lipinski definition) is 1. The molecule has 4 rings (SSSR count). The minimum absolute atomic E-state index is 0.129. The maximum Gasteiger partial charge on any atom is 0.306 e. The SMILES string of the molecule is O=NC(CC(CCCc1ccc(F)cc1)C(=O)O)c1ccc2oc3ccccc3c2c1. The smallest absolute Gasteiger partial charge is 0.306 e. The molecule has 2 unspecified atom stereocenters. The van der Waals surface area contributed by atoms with Crippen LogP contribution in [-0.4, -0.2) is 11.1 Å². The predicted octanol–water partition coefficient (Wildman–Crippen LogP) is 6.65. The van der Waals surface area contributed by atoms with Crippen LogP contribution in [0.2, 0.25) is 0 Å². The Bertz CT molecular complexity index is 1220. The fourth-order valence-electron chi connectivity index (χ4n) is 4.01. The Balaban J connectivity index is 1.49. The Labute approximate surface area is 178 Å². The van der Waals surface area contributed by atoms with Crippen LogP contribution in [0.5, 0.6) is 0 Å². The van der Waals surface area contributed by atoms with Crippen LogP contribution in [-0.2, 0) is 11.2 Å². The van der Waals surface area contributed by atoms with E-state index < -0.39 is 17.9 Å². The van der Waals surface area contributed by atoms with Crippen molar-refractivity contribution in [1.82, 2.24) is 0 Å². The van der Waals surface area contributed by atoms with Crippen LogP contribution in [0.25, 0.3) is 21.9 Å². The summed E-state index contributed by atoms with van der Waals surface area (Å²) in [6.07, 6.45) is 1.81. The van der Waals surface area contributed by atoms with E-state index in [1.165, 1.54) is 12.1 Å². The highest BCUT2D eigenvalue weighted by Gasteiger charge is 2.25. The third kappa shape index (κ3) is 4.63. The number of halogens is 1. The van der Waals surface area contributed by atoms with Gasteiger partial charge >= 0.3 is 5.97 Å². The molecular weight excluding hydrogens is 397 g/mol. The average molecular weight is 419 g/mol. The topological polar surface area (TPSA) is 79.9 Å². The molecule has 4 aromatic rings. The summed E-state index contributed by atoms with van der Waals surface area (Å²) in [5.74, 6) is -1.93. The first-order valence-corrected chi connectivity index (χ1v) is 10.3. The van der Waals surface area contributed by atoms with Gasteiger partial charge in [-0.2, -0.15) is 4.91 Å². The van der Waals surface area contributed by atoms with Crippen molar-refractivity contribution in [3.05, 3.63) is 88.6 Å². The minimum Gasteiger partial charge on any atom is -0.481 e. The molecule has 0 amide bonds. The van der Waals surface area contributed by atoms with Crippen molar-refractivity contribution in [2.45, 2.75) is 31.7 Å². The van der Waals surface area contributed by atoms with Crippen LogP contribution < -0.4 is 0 Å². The molecule has 0 aliphatic rings. The zero-order chi connectivity index (χ0) is 21.8. The monoisotopic (exact) mass is 419 g/mol. The number of nitroso groups, excluding NO2 is 1. The van der Waals surface area contributed by atoms with E-state index in [2.05, 4.69) is 5.18 Å². The van der Waals surface area contributed by atoms with Crippen LogP contribution in [0.1, 0.15) is 36.4 Å². The van der Waals surface area contributed by atoms with Crippen molar-refractivity contribution < 1.29 is 18.7 Å². The molecule has 5 nitrogen and oxygen atoms in total. The molecule has 0 fully saturated rings. The second-order valence-corrected chi connectivity index (χ2v) is 7.76. The number of rotatable bonds is 9. The molecule has 0 bridgehead atoms. The van der Waals surface area contributed by atoms with Gasteiger partial charge in [0.2, 0.25) is 0 Å². The highest BCUT2D eigenvalue weighted by atomic mass is 19.1. The van der Waals surface area contributed by atoms with E-state index in [9.17, 15) is 19.2 Å². The quantitative estimate of drug-likeness (QED) is 0.308. The van der Waals surface area contributed by atoms with E-state index >= 15 is 0 Å². The predicted molar refractivity (Wildman–Crippen MR) is 117 cm³/mol. The number of carbonyl (C=O) groups is 1. The van der Waals surface area contributed by atoms with Crippen molar-refractivity contribution >= 4 is 27.9 Å². The summed E-state index contributed by atoms with van der Waals surface area (Å²) < 4.78 is 18.8. The second kappa shape index (κ2) is 9.08. The van der Waals surface area contributed by atoms with Crippen LogP contribution in [0, 0.1) is 16.6 Å². The van der Waals surface area contributed by atoms with Crippen molar-refractivity contribution in [1.29, 1.82) is 0 Å². The molecule has 0 saturated carbocycles. The number of aliphatic carboxylic acids is 1. The van der Waals surface area contributed by atoms with Gasteiger partial charge in [-0.15, -0.1) is 0 Å². The lowest BCUT2D eigenvalue weighted by Crippen LogP contribution is -2.17. The van der Waals surface area contributed by atoms with Crippen LogP contribution in [0.3, 0.4) is 0 Å². The number of benzene rings is 3. The van der Waals surface area contributed by atoms with E-state index in [1.807, 2.05) is 30.3 Å². The third-order valence-corrected chi connectivity index (χ3v) is 5.70. The first-order valence-electron chi connectivity index (χ1n) is 10.3. The first-order chi connectivity index (χ1) is 15.0. The average Bonchev–Trinajstić information content (AvgIpc) is 3.15. The fraction of sp³-hybridized carbons (Fsp3) is 0.240. The van der Waals surface area contributed by atoms with Crippen molar-refractivity contribution in [3.63, 3.8) is 0 Å².